The number of aromatic nitrogens is 3. The molecule has 3 aromatic heterocycles. The van der Waals surface area contributed by atoms with E-state index < -0.39 is 0 Å². The maximum atomic E-state index is 6.32. The average molecular weight is 423 g/mol. The molecule has 0 aliphatic heterocycles. The molecule has 8 aromatic rings. The van der Waals surface area contributed by atoms with Crippen LogP contribution in [0.3, 0.4) is 0 Å². The van der Waals surface area contributed by atoms with Crippen molar-refractivity contribution in [2.24, 2.45) is 0 Å². The van der Waals surface area contributed by atoms with Gasteiger partial charge in [0.05, 0.1) is 27.6 Å². The molecule has 154 valence electrons. The van der Waals surface area contributed by atoms with Crippen molar-refractivity contribution in [3.05, 3.63) is 103 Å². The number of hydrogen-bond acceptors (Lipinski definition) is 2. The first-order valence-corrected chi connectivity index (χ1v) is 11.1. The molecule has 4 nitrogen and oxygen atoms in total. The van der Waals surface area contributed by atoms with E-state index in [-0.39, 0.29) is 0 Å². The number of rotatable bonds is 2. The van der Waals surface area contributed by atoms with Gasteiger partial charge in [0.15, 0.2) is 0 Å². The second-order valence-corrected chi connectivity index (χ2v) is 8.54. The summed E-state index contributed by atoms with van der Waals surface area (Å²) in [7, 11) is 0. The van der Waals surface area contributed by atoms with Crippen molar-refractivity contribution in [3.63, 3.8) is 0 Å². The molecule has 0 atom stereocenters. The number of para-hydroxylation sites is 3. The van der Waals surface area contributed by atoms with Gasteiger partial charge < -0.3 is 4.74 Å². The topological polar surface area (TPSA) is 30.9 Å². The maximum Gasteiger partial charge on any atom is 0.220 e. The molecule has 0 saturated carbocycles. The lowest BCUT2D eigenvalue weighted by Crippen LogP contribution is -1.86. The van der Waals surface area contributed by atoms with Gasteiger partial charge in [0, 0.05) is 16.8 Å². The van der Waals surface area contributed by atoms with Crippen LogP contribution in [0.5, 0.6) is 11.5 Å². The Hall–Kier alpha value is -4.57. The fraction of sp³-hybridized carbons (Fsp3) is 0. The Bertz CT molecular complexity index is 2000. The fourth-order valence-corrected chi connectivity index (χ4v) is 5.25. The summed E-state index contributed by atoms with van der Waals surface area (Å²) in [6.07, 6.45) is 0. The van der Waals surface area contributed by atoms with Gasteiger partial charge in [-0.15, -0.1) is 0 Å². The van der Waals surface area contributed by atoms with E-state index in [0.717, 1.165) is 39.3 Å². The number of nitrogens with zero attached hydrogens (tertiary/aromatic N) is 3. The van der Waals surface area contributed by atoms with Crippen molar-refractivity contribution in [3.8, 4) is 11.5 Å². The smallest absolute Gasteiger partial charge is 0.220 e. The average Bonchev–Trinajstić information content (AvgIpc) is 3.48. The molecule has 0 N–H and O–H groups in total. The molecule has 8 rings (SSSR count). The van der Waals surface area contributed by atoms with E-state index in [1.54, 1.807) is 0 Å². The van der Waals surface area contributed by atoms with Gasteiger partial charge in [0.2, 0.25) is 5.78 Å². The first-order valence-electron chi connectivity index (χ1n) is 11.1. The van der Waals surface area contributed by atoms with Crippen molar-refractivity contribution >= 4 is 54.9 Å². The summed E-state index contributed by atoms with van der Waals surface area (Å²) in [4.78, 5) is 5.03. The highest BCUT2D eigenvalue weighted by Gasteiger charge is 2.22. The van der Waals surface area contributed by atoms with Crippen LogP contribution in [0.4, 0.5) is 0 Å². The van der Waals surface area contributed by atoms with Gasteiger partial charge >= 0.3 is 0 Å². The minimum Gasteiger partial charge on any atom is -0.457 e. The van der Waals surface area contributed by atoms with Crippen molar-refractivity contribution in [1.29, 1.82) is 0 Å². The van der Waals surface area contributed by atoms with Crippen LogP contribution in [0, 0.1) is 0 Å². The first-order chi connectivity index (χ1) is 16.3. The maximum absolute atomic E-state index is 6.32. The lowest BCUT2D eigenvalue weighted by molar-refractivity contribution is 0.484. The van der Waals surface area contributed by atoms with E-state index in [1.807, 2.05) is 36.4 Å². The van der Waals surface area contributed by atoms with Crippen LogP contribution in [0.15, 0.2) is 103 Å². The molecule has 0 fully saturated rings. The van der Waals surface area contributed by atoms with E-state index in [4.69, 9.17) is 9.72 Å². The molecule has 0 unspecified atom stereocenters. The monoisotopic (exact) mass is 423 g/mol. The van der Waals surface area contributed by atoms with Gasteiger partial charge in [-0.1, -0.05) is 54.6 Å². The van der Waals surface area contributed by atoms with Crippen LogP contribution in [-0.2, 0) is 0 Å². The van der Waals surface area contributed by atoms with Gasteiger partial charge in [-0.3, -0.25) is 8.80 Å². The van der Waals surface area contributed by atoms with E-state index in [2.05, 4.69) is 75.5 Å². The van der Waals surface area contributed by atoms with Crippen LogP contribution >= 0.6 is 0 Å². The number of hydrogen-bond donors (Lipinski definition) is 0. The Labute approximate surface area is 188 Å². The summed E-state index contributed by atoms with van der Waals surface area (Å²) in [6.45, 7) is 0. The number of ether oxygens (including phenoxy) is 1. The highest BCUT2D eigenvalue weighted by molar-refractivity contribution is 6.19. The SMILES string of the molecule is c1ccc(Oc2cc3c4cc5ccccc5cc4n4c3c(c2)n2c3ccccc3nc24)cc1. The lowest BCUT2D eigenvalue weighted by atomic mass is 10.1. The lowest BCUT2D eigenvalue weighted by Gasteiger charge is -2.07. The molecule has 0 bridgehead atoms. The molecule has 0 saturated heterocycles. The Kier molecular flexibility index (Phi) is 3.11. The summed E-state index contributed by atoms with van der Waals surface area (Å²) < 4.78 is 10.9. The molecule has 0 radical (unpaired) electrons. The van der Waals surface area contributed by atoms with Crippen molar-refractivity contribution in [2.75, 3.05) is 0 Å². The summed E-state index contributed by atoms with van der Waals surface area (Å²) >= 11 is 0. The van der Waals surface area contributed by atoms with Crippen LogP contribution in [0.25, 0.3) is 54.9 Å². The largest absolute Gasteiger partial charge is 0.457 e. The molecule has 0 spiro atoms. The third kappa shape index (κ3) is 2.22. The second kappa shape index (κ2) is 6.02. The number of imidazole rings is 2. The van der Waals surface area contributed by atoms with Crippen LogP contribution < -0.4 is 4.74 Å². The van der Waals surface area contributed by atoms with Gasteiger partial charge in [-0.05, 0) is 53.2 Å². The molecule has 0 aliphatic rings. The van der Waals surface area contributed by atoms with Crippen LogP contribution in [0.2, 0.25) is 0 Å². The molecule has 5 aromatic carbocycles. The molecule has 3 heterocycles. The second-order valence-electron chi connectivity index (χ2n) is 8.54. The highest BCUT2D eigenvalue weighted by atomic mass is 16.5. The van der Waals surface area contributed by atoms with Crippen molar-refractivity contribution < 1.29 is 4.74 Å². The summed E-state index contributed by atoms with van der Waals surface area (Å²) in [5.74, 6) is 2.58. The van der Waals surface area contributed by atoms with Gasteiger partial charge in [-0.2, -0.15) is 0 Å². The van der Waals surface area contributed by atoms with E-state index >= 15 is 0 Å². The van der Waals surface area contributed by atoms with E-state index in [0.29, 0.717) is 0 Å². The number of benzene rings is 5. The third-order valence-electron chi connectivity index (χ3n) is 6.64. The van der Waals surface area contributed by atoms with Crippen molar-refractivity contribution in [2.45, 2.75) is 0 Å². The van der Waals surface area contributed by atoms with Gasteiger partial charge in [0.1, 0.15) is 11.5 Å². The first kappa shape index (κ1) is 17.0. The summed E-state index contributed by atoms with van der Waals surface area (Å²) in [5.41, 5.74) is 5.53. The summed E-state index contributed by atoms with van der Waals surface area (Å²) in [5, 5.41) is 4.84. The zero-order chi connectivity index (χ0) is 21.5. The zero-order valence-corrected chi connectivity index (χ0v) is 17.6. The normalized spacial score (nSPS) is 12.2. The highest BCUT2D eigenvalue weighted by Crippen LogP contribution is 2.41. The number of fused-ring (bicyclic) bond motifs is 9. The molecule has 0 amide bonds. The van der Waals surface area contributed by atoms with Gasteiger partial charge in [-0.25, -0.2) is 4.98 Å². The van der Waals surface area contributed by atoms with E-state index in [1.165, 1.54) is 27.1 Å². The Morgan fingerprint density at radius 2 is 1.30 bits per heavy atom. The predicted octanol–water partition coefficient (Wildman–Crippen LogP) is 7.43. The molecule has 4 heteroatoms. The third-order valence-corrected chi connectivity index (χ3v) is 6.64. The minimum atomic E-state index is 0.821. The Morgan fingerprint density at radius 3 is 2.18 bits per heavy atom. The molecular formula is C29H17N3O. The Balaban J connectivity index is 1.59. The zero-order valence-electron chi connectivity index (χ0n) is 17.6. The summed E-state index contributed by atoms with van der Waals surface area (Å²) in [6, 6.07) is 35.6. The van der Waals surface area contributed by atoms with Crippen LogP contribution in [0.1, 0.15) is 0 Å². The van der Waals surface area contributed by atoms with Crippen molar-refractivity contribution in [1.82, 2.24) is 13.8 Å². The molecule has 0 aliphatic carbocycles. The standard InChI is InChI=1S/C29H17N3O/c1-2-10-20(11-3-1)33-21-16-23-22-14-18-8-4-5-9-19(18)15-26(22)32-28(23)27(17-21)31-25-13-7-6-12-24(25)30-29(31)32/h1-17H. The Morgan fingerprint density at radius 1 is 0.545 bits per heavy atom. The van der Waals surface area contributed by atoms with E-state index in [9.17, 15) is 0 Å². The molecule has 33 heavy (non-hydrogen) atoms. The minimum absolute atomic E-state index is 0.821. The van der Waals surface area contributed by atoms with Crippen LogP contribution in [-0.4, -0.2) is 13.8 Å². The molecular weight excluding hydrogens is 406 g/mol. The fourth-order valence-electron chi connectivity index (χ4n) is 5.25. The predicted molar refractivity (Wildman–Crippen MR) is 134 cm³/mol. The quantitative estimate of drug-likeness (QED) is 0.289. The van der Waals surface area contributed by atoms with Gasteiger partial charge in [0.25, 0.3) is 0 Å².